The number of carbonyl (C=O) groups is 1. The lowest BCUT2D eigenvalue weighted by atomic mass is 10.1. The molecule has 3 heteroatoms. The first-order chi connectivity index (χ1) is 7.27. The molecule has 1 rings (SSSR count). The number of phenols is 1. The molecule has 0 atom stereocenters. The van der Waals surface area contributed by atoms with E-state index in [9.17, 15) is 9.90 Å². The molecule has 2 N–H and O–H groups in total. The van der Waals surface area contributed by atoms with Crippen molar-refractivity contribution in [3.05, 3.63) is 35.4 Å². The number of rotatable bonds is 5. The van der Waals surface area contributed by atoms with Gasteiger partial charge in [-0.1, -0.05) is 18.2 Å². The lowest BCUT2D eigenvalue weighted by molar-refractivity contribution is 0.112. The number of aldehydes is 1. The quantitative estimate of drug-likeness (QED) is 0.569. The van der Waals surface area contributed by atoms with Crippen molar-refractivity contribution in [3.8, 4) is 5.75 Å². The van der Waals surface area contributed by atoms with Gasteiger partial charge in [-0.2, -0.15) is 0 Å². The van der Waals surface area contributed by atoms with Crippen LogP contribution in [-0.2, 0) is 0 Å². The average Bonchev–Trinajstić information content (AvgIpc) is 2.26. The fraction of sp³-hybridized carbons (Fsp3) is 0.250. The molecule has 0 aliphatic rings. The van der Waals surface area contributed by atoms with Crippen LogP contribution < -0.4 is 5.32 Å². The van der Waals surface area contributed by atoms with Gasteiger partial charge < -0.3 is 10.4 Å². The number of hydrogen-bond donors (Lipinski definition) is 2. The first kappa shape index (κ1) is 11.5. The molecule has 0 saturated carbocycles. The Hall–Kier alpha value is -1.61. The lowest BCUT2D eigenvalue weighted by Crippen LogP contribution is -2.05. The molecule has 0 amide bonds. The Balaban J connectivity index is 2.75. The Morgan fingerprint density at radius 2 is 2.20 bits per heavy atom. The van der Waals surface area contributed by atoms with Crippen LogP contribution >= 0.6 is 0 Å². The van der Waals surface area contributed by atoms with Gasteiger partial charge in [-0.25, -0.2) is 0 Å². The van der Waals surface area contributed by atoms with Gasteiger partial charge in [0.2, 0.25) is 0 Å². The van der Waals surface area contributed by atoms with Crippen molar-refractivity contribution >= 4 is 12.4 Å². The zero-order valence-electron chi connectivity index (χ0n) is 8.73. The van der Waals surface area contributed by atoms with Crippen molar-refractivity contribution < 1.29 is 9.90 Å². The van der Waals surface area contributed by atoms with Gasteiger partial charge >= 0.3 is 0 Å². The predicted molar refractivity (Wildman–Crippen MR) is 61.1 cm³/mol. The highest BCUT2D eigenvalue weighted by Gasteiger charge is 1.98. The minimum absolute atomic E-state index is 0.115. The first-order valence-electron chi connectivity index (χ1n) is 4.87. The molecule has 1 aromatic carbocycles. The van der Waals surface area contributed by atoms with Crippen LogP contribution in [0.25, 0.3) is 6.08 Å². The van der Waals surface area contributed by atoms with Crippen LogP contribution in [-0.4, -0.2) is 25.0 Å². The third kappa shape index (κ3) is 3.56. The molecular formula is C12H15NO2. The summed E-state index contributed by atoms with van der Waals surface area (Å²) >= 11 is 0. The molecule has 3 nitrogen and oxygen atoms in total. The van der Waals surface area contributed by atoms with Gasteiger partial charge in [-0.05, 0) is 37.7 Å². The van der Waals surface area contributed by atoms with Crippen molar-refractivity contribution in [1.29, 1.82) is 0 Å². The molecule has 0 bridgehead atoms. The standard InChI is InChI=1S/C12H15NO2/c1-13-7-3-2-4-10-5-6-12(15)8-11(10)9-14/h2,4-6,8-9,13,15H,3,7H2,1H3. The normalized spacial score (nSPS) is 10.7. The van der Waals surface area contributed by atoms with E-state index in [0.29, 0.717) is 5.56 Å². The largest absolute Gasteiger partial charge is 0.508 e. The maximum absolute atomic E-state index is 10.7. The van der Waals surface area contributed by atoms with E-state index in [4.69, 9.17) is 0 Å². The number of hydrogen-bond acceptors (Lipinski definition) is 3. The predicted octanol–water partition coefficient (Wildman–Crippen LogP) is 1.83. The molecule has 0 aliphatic carbocycles. The fourth-order valence-corrected chi connectivity index (χ4v) is 1.25. The molecule has 0 heterocycles. The van der Waals surface area contributed by atoms with Gasteiger partial charge in [0.1, 0.15) is 5.75 Å². The van der Waals surface area contributed by atoms with Crippen LogP contribution in [0.1, 0.15) is 22.3 Å². The summed E-state index contributed by atoms with van der Waals surface area (Å²) in [6.07, 6.45) is 5.55. The molecule has 0 aromatic heterocycles. The summed E-state index contributed by atoms with van der Waals surface area (Å²) in [5, 5.41) is 12.2. The number of benzene rings is 1. The second kappa shape index (κ2) is 5.98. The Labute approximate surface area is 89.4 Å². The molecule has 0 fully saturated rings. The van der Waals surface area contributed by atoms with Crippen molar-refractivity contribution in [3.63, 3.8) is 0 Å². The smallest absolute Gasteiger partial charge is 0.150 e. The van der Waals surface area contributed by atoms with Crippen LogP contribution in [0, 0.1) is 0 Å². The van der Waals surface area contributed by atoms with Crippen LogP contribution in [0.15, 0.2) is 24.3 Å². The monoisotopic (exact) mass is 205 g/mol. The van der Waals surface area contributed by atoms with E-state index in [0.717, 1.165) is 24.8 Å². The third-order valence-electron chi connectivity index (χ3n) is 2.06. The maximum Gasteiger partial charge on any atom is 0.150 e. The van der Waals surface area contributed by atoms with Gasteiger partial charge in [-0.3, -0.25) is 4.79 Å². The van der Waals surface area contributed by atoms with E-state index in [1.54, 1.807) is 12.1 Å². The summed E-state index contributed by atoms with van der Waals surface area (Å²) in [5.74, 6) is 0.115. The van der Waals surface area contributed by atoms with Crippen LogP contribution in [0.4, 0.5) is 0 Å². The summed E-state index contributed by atoms with van der Waals surface area (Å²) in [4.78, 5) is 10.7. The second-order valence-corrected chi connectivity index (χ2v) is 3.23. The average molecular weight is 205 g/mol. The van der Waals surface area contributed by atoms with Crippen molar-refractivity contribution in [2.75, 3.05) is 13.6 Å². The summed E-state index contributed by atoms with van der Waals surface area (Å²) in [5.41, 5.74) is 1.34. The van der Waals surface area contributed by atoms with Crippen molar-refractivity contribution in [2.24, 2.45) is 0 Å². The molecule has 15 heavy (non-hydrogen) atoms. The van der Waals surface area contributed by atoms with Crippen LogP contribution in [0.2, 0.25) is 0 Å². The van der Waals surface area contributed by atoms with Crippen molar-refractivity contribution in [1.82, 2.24) is 5.32 Å². The van der Waals surface area contributed by atoms with Gasteiger partial charge in [0, 0.05) is 5.56 Å². The van der Waals surface area contributed by atoms with Crippen molar-refractivity contribution in [2.45, 2.75) is 6.42 Å². The number of carbonyl (C=O) groups excluding carboxylic acids is 1. The highest BCUT2D eigenvalue weighted by atomic mass is 16.3. The highest BCUT2D eigenvalue weighted by molar-refractivity contribution is 5.82. The zero-order valence-corrected chi connectivity index (χ0v) is 8.73. The van der Waals surface area contributed by atoms with Gasteiger partial charge in [0.25, 0.3) is 0 Å². The molecule has 0 unspecified atom stereocenters. The minimum Gasteiger partial charge on any atom is -0.508 e. The SMILES string of the molecule is CNCCC=Cc1ccc(O)cc1C=O. The summed E-state index contributed by atoms with van der Waals surface area (Å²) in [6.45, 7) is 0.908. The molecule has 0 spiro atoms. The Morgan fingerprint density at radius 1 is 1.40 bits per heavy atom. The topological polar surface area (TPSA) is 49.3 Å². The molecule has 0 saturated heterocycles. The molecule has 0 radical (unpaired) electrons. The maximum atomic E-state index is 10.7. The first-order valence-corrected chi connectivity index (χ1v) is 4.87. The van der Waals surface area contributed by atoms with Crippen LogP contribution in [0.3, 0.4) is 0 Å². The fourth-order valence-electron chi connectivity index (χ4n) is 1.25. The Morgan fingerprint density at radius 3 is 2.87 bits per heavy atom. The Kier molecular flexibility index (Phi) is 4.57. The zero-order chi connectivity index (χ0) is 11.1. The van der Waals surface area contributed by atoms with Gasteiger partial charge in [0.15, 0.2) is 6.29 Å². The summed E-state index contributed by atoms with van der Waals surface area (Å²) < 4.78 is 0. The number of aromatic hydroxyl groups is 1. The van der Waals surface area contributed by atoms with E-state index in [1.165, 1.54) is 6.07 Å². The number of phenolic OH excluding ortho intramolecular Hbond substituents is 1. The summed E-state index contributed by atoms with van der Waals surface area (Å²) in [7, 11) is 1.89. The molecule has 0 aliphatic heterocycles. The highest BCUT2D eigenvalue weighted by Crippen LogP contribution is 2.16. The minimum atomic E-state index is 0.115. The van der Waals surface area contributed by atoms with Gasteiger partial charge in [-0.15, -0.1) is 0 Å². The third-order valence-corrected chi connectivity index (χ3v) is 2.06. The van der Waals surface area contributed by atoms with E-state index in [2.05, 4.69) is 5.32 Å². The van der Waals surface area contributed by atoms with Crippen LogP contribution in [0.5, 0.6) is 5.75 Å². The van der Waals surface area contributed by atoms with E-state index in [1.807, 2.05) is 19.2 Å². The van der Waals surface area contributed by atoms with E-state index < -0.39 is 0 Å². The van der Waals surface area contributed by atoms with E-state index >= 15 is 0 Å². The van der Waals surface area contributed by atoms with E-state index in [-0.39, 0.29) is 5.75 Å². The molecular weight excluding hydrogens is 190 g/mol. The van der Waals surface area contributed by atoms with Gasteiger partial charge in [0.05, 0.1) is 0 Å². The lowest BCUT2D eigenvalue weighted by Gasteiger charge is -1.99. The molecule has 80 valence electrons. The number of nitrogens with one attached hydrogen (secondary N) is 1. The second-order valence-electron chi connectivity index (χ2n) is 3.23. The Bertz CT molecular complexity index is 359. The molecule has 1 aromatic rings. The summed E-state index contributed by atoms with van der Waals surface area (Å²) in [6, 6.07) is 4.77.